The molecule has 1 aliphatic heterocycles. The zero-order chi connectivity index (χ0) is 14.9. The molecule has 20 heavy (non-hydrogen) atoms. The number of piperazine rings is 1. The van der Waals surface area contributed by atoms with E-state index in [0.29, 0.717) is 23.0 Å². The summed E-state index contributed by atoms with van der Waals surface area (Å²) in [5.74, 6) is 0.0479. The van der Waals surface area contributed by atoms with E-state index in [0.717, 1.165) is 4.47 Å². The van der Waals surface area contributed by atoms with Crippen LogP contribution >= 0.6 is 27.5 Å². The van der Waals surface area contributed by atoms with Gasteiger partial charge < -0.3 is 5.32 Å². The van der Waals surface area contributed by atoms with Gasteiger partial charge in [0, 0.05) is 4.47 Å². The first-order valence-electron chi connectivity index (χ1n) is 6.44. The van der Waals surface area contributed by atoms with Crippen LogP contribution in [0.25, 0.3) is 0 Å². The Bertz CT molecular complexity index is 548. The van der Waals surface area contributed by atoms with Crippen LogP contribution in [0.5, 0.6) is 0 Å². The SMILES string of the molecule is CC(C)CC1NC(=O)CN(c2cc(Br)ccc2Cl)C1=O. The molecule has 0 saturated carbocycles. The van der Waals surface area contributed by atoms with Gasteiger partial charge >= 0.3 is 0 Å². The monoisotopic (exact) mass is 358 g/mol. The lowest BCUT2D eigenvalue weighted by Crippen LogP contribution is -2.58. The third-order valence-electron chi connectivity index (χ3n) is 3.11. The summed E-state index contributed by atoms with van der Waals surface area (Å²) in [4.78, 5) is 25.8. The van der Waals surface area contributed by atoms with Crippen molar-refractivity contribution in [3.8, 4) is 0 Å². The van der Waals surface area contributed by atoms with Crippen LogP contribution in [0.1, 0.15) is 20.3 Å². The highest BCUT2D eigenvalue weighted by Crippen LogP contribution is 2.30. The summed E-state index contributed by atoms with van der Waals surface area (Å²) in [6.07, 6.45) is 0.618. The van der Waals surface area contributed by atoms with Crippen molar-refractivity contribution >= 4 is 45.0 Å². The lowest BCUT2D eigenvalue weighted by Gasteiger charge is -2.33. The number of nitrogens with one attached hydrogen (secondary N) is 1. The van der Waals surface area contributed by atoms with E-state index in [1.807, 2.05) is 13.8 Å². The Morgan fingerprint density at radius 2 is 2.15 bits per heavy atom. The number of hydrogen-bond acceptors (Lipinski definition) is 2. The largest absolute Gasteiger partial charge is 0.343 e. The fourth-order valence-corrected chi connectivity index (χ4v) is 2.81. The van der Waals surface area contributed by atoms with Crippen molar-refractivity contribution in [3.05, 3.63) is 27.7 Å². The second-order valence-corrected chi connectivity index (χ2v) is 6.59. The van der Waals surface area contributed by atoms with Crippen LogP contribution in [-0.2, 0) is 9.59 Å². The number of rotatable bonds is 3. The van der Waals surface area contributed by atoms with Gasteiger partial charge in [-0.05, 0) is 30.5 Å². The first-order valence-corrected chi connectivity index (χ1v) is 7.61. The Morgan fingerprint density at radius 3 is 2.80 bits per heavy atom. The predicted molar refractivity (Wildman–Crippen MR) is 82.9 cm³/mol. The maximum atomic E-state index is 12.5. The summed E-state index contributed by atoms with van der Waals surface area (Å²) in [5.41, 5.74) is 0.564. The molecule has 1 heterocycles. The van der Waals surface area contributed by atoms with Crippen molar-refractivity contribution in [2.24, 2.45) is 5.92 Å². The summed E-state index contributed by atoms with van der Waals surface area (Å²) >= 11 is 9.51. The molecule has 1 N–H and O–H groups in total. The molecule has 2 amide bonds. The highest BCUT2D eigenvalue weighted by molar-refractivity contribution is 9.10. The van der Waals surface area contributed by atoms with Gasteiger partial charge in [-0.25, -0.2) is 0 Å². The minimum Gasteiger partial charge on any atom is -0.343 e. The third-order valence-corrected chi connectivity index (χ3v) is 3.92. The van der Waals surface area contributed by atoms with Crippen molar-refractivity contribution in [3.63, 3.8) is 0 Å². The number of carbonyl (C=O) groups excluding carboxylic acids is 2. The molecule has 0 bridgehead atoms. The Morgan fingerprint density at radius 1 is 1.45 bits per heavy atom. The Kier molecular flexibility index (Phi) is 4.70. The molecule has 2 rings (SSSR count). The number of amides is 2. The normalized spacial score (nSPS) is 19.4. The molecule has 6 heteroatoms. The molecule has 4 nitrogen and oxygen atoms in total. The van der Waals surface area contributed by atoms with Gasteiger partial charge in [-0.2, -0.15) is 0 Å². The first-order chi connectivity index (χ1) is 9.38. The molecule has 1 aliphatic rings. The lowest BCUT2D eigenvalue weighted by molar-refractivity contribution is -0.131. The fraction of sp³-hybridized carbons (Fsp3) is 0.429. The predicted octanol–water partition coefficient (Wildman–Crippen LogP) is 2.98. The van der Waals surface area contributed by atoms with E-state index >= 15 is 0 Å². The van der Waals surface area contributed by atoms with E-state index in [2.05, 4.69) is 21.2 Å². The molecule has 1 aromatic carbocycles. The summed E-state index contributed by atoms with van der Waals surface area (Å²) in [5, 5.41) is 3.20. The van der Waals surface area contributed by atoms with Crippen LogP contribution in [0, 0.1) is 5.92 Å². The fourth-order valence-electron chi connectivity index (χ4n) is 2.24. The Balaban J connectivity index is 2.32. The molecule has 0 aromatic heterocycles. The molecule has 1 saturated heterocycles. The van der Waals surface area contributed by atoms with E-state index in [-0.39, 0.29) is 18.4 Å². The van der Waals surface area contributed by atoms with Crippen LogP contribution in [-0.4, -0.2) is 24.4 Å². The molecule has 1 unspecified atom stereocenters. The van der Waals surface area contributed by atoms with Crippen LogP contribution in [0.2, 0.25) is 5.02 Å². The van der Waals surface area contributed by atoms with Gasteiger partial charge in [-0.3, -0.25) is 14.5 Å². The molecule has 1 atom stereocenters. The number of hydrogen-bond donors (Lipinski definition) is 1. The van der Waals surface area contributed by atoms with Crippen molar-refractivity contribution in [1.82, 2.24) is 5.32 Å². The summed E-state index contributed by atoms with van der Waals surface area (Å²) in [7, 11) is 0. The van der Waals surface area contributed by atoms with Gasteiger partial charge in [0.2, 0.25) is 11.8 Å². The second kappa shape index (κ2) is 6.14. The minimum absolute atomic E-state index is 0.00357. The number of halogens is 2. The highest BCUT2D eigenvalue weighted by Gasteiger charge is 2.34. The number of nitrogens with zero attached hydrogens (tertiary/aromatic N) is 1. The minimum atomic E-state index is -0.480. The van der Waals surface area contributed by atoms with Gasteiger partial charge in [0.05, 0.1) is 10.7 Å². The van der Waals surface area contributed by atoms with Crippen molar-refractivity contribution in [1.29, 1.82) is 0 Å². The van der Waals surface area contributed by atoms with Gasteiger partial charge in [-0.15, -0.1) is 0 Å². The smallest absolute Gasteiger partial charge is 0.250 e. The standard InChI is InChI=1S/C14H16BrClN2O2/c1-8(2)5-11-14(20)18(7-13(19)17-11)12-6-9(15)3-4-10(12)16/h3-4,6,8,11H,5,7H2,1-2H3,(H,17,19). The third kappa shape index (κ3) is 3.33. The number of carbonyl (C=O) groups is 2. The van der Waals surface area contributed by atoms with Gasteiger partial charge in [-0.1, -0.05) is 41.4 Å². The van der Waals surface area contributed by atoms with Crippen molar-refractivity contribution in [2.75, 3.05) is 11.4 Å². The van der Waals surface area contributed by atoms with Crippen LogP contribution < -0.4 is 10.2 Å². The first kappa shape index (κ1) is 15.3. The molecule has 0 aliphatic carbocycles. The summed E-state index contributed by atoms with van der Waals surface area (Å²) in [6.45, 7) is 4.04. The Hall–Kier alpha value is -1.07. The maximum Gasteiger partial charge on any atom is 0.250 e. The highest BCUT2D eigenvalue weighted by atomic mass is 79.9. The van der Waals surface area contributed by atoms with Crippen molar-refractivity contribution in [2.45, 2.75) is 26.3 Å². The van der Waals surface area contributed by atoms with Gasteiger partial charge in [0.1, 0.15) is 12.6 Å². The number of anilines is 1. The molecule has 0 radical (unpaired) electrons. The molecular formula is C14H16BrClN2O2. The lowest BCUT2D eigenvalue weighted by atomic mass is 10.0. The maximum absolute atomic E-state index is 12.5. The summed E-state index contributed by atoms with van der Waals surface area (Å²) < 4.78 is 0.816. The van der Waals surface area contributed by atoms with E-state index in [1.54, 1.807) is 18.2 Å². The van der Waals surface area contributed by atoms with E-state index < -0.39 is 6.04 Å². The topological polar surface area (TPSA) is 49.4 Å². The Labute approximate surface area is 131 Å². The molecule has 0 spiro atoms. The van der Waals surface area contributed by atoms with E-state index in [1.165, 1.54) is 4.90 Å². The van der Waals surface area contributed by atoms with Gasteiger partial charge in [0.15, 0.2) is 0 Å². The quantitative estimate of drug-likeness (QED) is 0.902. The zero-order valence-corrected chi connectivity index (χ0v) is 13.7. The van der Waals surface area contributed by atoms with Crippen molar-refractivity contribution < 1.29 is 9.59 Å². The zero-order valence-electron chi connectivity index (χ0n) is 11.3. The van der Waals surface area contributed by atoms with Crippen LogP contribution in [0.15, 0.2) is 22.7 Å². The average molecular weight is 360 g/mol. The summed E-state index contributed by atoms with van der Waals surface area (Å²) in [6, 6.07) is 4.78. The molecule has 1 aromatic rings. The average Bonchev–Trinajstić information content (AvgIpc) is 2.36. The van der Waals surface area contributed by atoms with E-state index in [4.69, 9.17) is 11.6 Å². The molecule has 1 fully saturated rings. The molecule has 108 valence electrons. The van der Waals surface area contributed by atoms with E-state index in [9.17, 15) is 9.59 Å². The van der Waals surface area contributed by atoms with Crippen LogP contribution in [0.4, 0.5) is 5.69 Å². The second-order valence-electron chi connectivity index (χ2n) is 5.27. The molecular weight excluding hydrogens is 344 g/mol. The van der Waals surface area contributed by atoms with Gasteiger partial charge in [0.25, 0.3) is 0 Å². The van der Waals surface area contributed by atoms with Crippen LogP contribution in [0.3, 0.4) is 0 Å². The number of benzene rings is 1.